The van der Waals surface area contributed by atoms with E-state index in [0.717, 1.165) is 5.69 Å². The van der Waals surface area contributed by atoms with Crippen molar-refractivity contribution >= 4 is 80.9 Å². The number of hydrogen-bond donors (Lipinski definition) is 0. The lowest BCUT2D eigenvalue weighted by atomic mass is 9.84. The number of rotatable bonds is 6. The molecule has 0 spiro atoms. The van der Waals surface area contributed by atoms with Crippen LogP contribution in [0, 0.1) is 0 Å². The lowest BCUT2D eigenvalue weighted by molar-refractivity contribution is 1.32. The predicted octanol–water partition coefficient (Wildman–Crippen LogP) is 16.0. The molecule has 0 atom stereocenters. The molecule has 0 bridgehead atoms. The molecular formula is C54H35NS. The smallest absolute Gasteiger partial charge is 0.0640 e. The van der Waals surface area contributed by atoms with Crippen molar-refractivity contribution in [1.29, 1.82) is 0 Å². The Kier molecular flexibility index (Phi) is 7.75. The van der Waals surface area contributed by atoms with Gasteiger partial charge in [-0.25, -0.2) is 0 Å². The summed E-state index contributed by atoms with van der Waals surface area (Å²) in [6.45, 7) is 0. The second-order valence-corrected chi connectivity index (χ2v) is 15.5. The van der Waals surface area contributed by atoms with Crippen LogP contribution in [0.1, 0.15) is 0 Å². The SMILES string of the molecule is c1ccc(-c2c(-c3ccccc3)c3cc(-c4ccc(N(c5cccc6ccccc56)c5cccc6c5sc5ccccc56)cc4)ccc3c3ccccc23)cc1. The van der Waals surface area contributed by atoms with Crippen LogP contribution in [-0.4, -0.2) is 0 Å². The molecule has 0 fully saturated rings. The van der Waals surface area contributed by atoms with Gasteiger partial charge in [0.15, 0.2) is 0 Å². The quantitative estimate of drug-likeness (QED) is 0.154. The molecule has 56 heavy (non-hydrogen) atoms. The second-order valence-electron chi connectivity index (χ2n) is 14.4. The third-order valence-corrected chi connectivity index (χ3v) is 12.5. The molecule has 1 nitrogen and oxygen atoms in total. The summed E-state index contributed by atoms with van der Waals surface area (Å²) in [4.78, 5) is 2.45. The van der Waals surface area contributed by atoms with Gasteiger partial charge < -0.3 is 4.90 Å². The molecule has 10 aromatic carbocycles. The zero-order valence-electron chi connectivity index (χ0n) is 30.6. The maximum Gasteiger partial charge on any atom is 0.0640 e. The molecule has 11 rings (SSSR count). The summed E-state index contributed by atoms with van der Waals surface area (Å²) in [7, 11) is 0. The number of anilines is 3. The van der Waals surface area contributed by atoms with Gasteiger partial charge in [0.2, 0.25) is 0 Å². The maximum absolute atomic E-state index is 2.45. The van der Waals surface area contributed by atoms with Crippen molar-refractivity contribution in [2.75, 3.05) is 4.90 Å². The first-order chi connectivity index (χ1) is 27.8. The van der Waals surface area contributed by atoms with Crippen LogP contribution in [0.4, 0.5) is 17.1 Å². The third kappa shape index (κ3) is 5.30. The van der Waals surface area contributed by atoms with Crippen LogP contribution in [0.25, 0.3) is 85.9 Å². The van der Waals surface area contributed by atoms with Gasteiger partial charge in [-0.05, 0) is 96.7 Å². The molecule has 0 saturated heterocycles. The first kappa shape index (κ1) is 32.4. The van der Waals surface area contributed by atoms with E-state index in [-0.39, 0.29) is 0 Å². The number of thiophene rings is 1. The van der Waals surface area contributed by atoms with E-state index in [4.69, 9.17) is 0 Å². The number of benzene rings is 10. The highest BCUT2D eigenvalue weighted by Gasteiger charge is 2.21. The molecule has 2 heteroatoms. The van der Waals surface area contributed by atoms with E-state index in [0.29, 0.717) is 0 Å². The summed E-state index contributed by atoms with van der Waals surface area (Å²) in [5, 5.41) is 10.1. The zero-order chi connectivity index (χ0) is 37.0. The maximum atomic E-state index is 2.45. The third-order valence-electron chi connectivity index (χ3n) is 11.2. The molecule has 0 N–H and O–H groups in total. The first-order valence-electron chi connectivity index (χ1n) is 19.2. The van der Waals surface area contributed by atoms with Gasteiger partial charge in [-0.1, -0.05) is 176 Å². The van der Waals surface area contributed by atoms with Crippen LogP contribution in [0.2, 0.25) is 0 Å². The van der Waals surface area contributed by atoms with Crippen molar-refractivity contribution < 1.29 is 0 Å². The minimum Gasteiger partial charge on any atom is -0.308 e. The summed E-state index contributed by atoms with van der Waals surface area (Å²) in [6.07, 6.45) is 0. The normalized spacial score (nSPS) is 11.6. The molecule has 1 heterocycles. The van der Waals surface area contributed by atoms with Crippen LogP contribution in [0.3, 0.4) is 0 Å². The Morgan fingerprint density at radius 3 is 1.61 bits per heavy atom. The Morgan fingerprint density at radius 2 is 0.839 bits per heavy atom. The van der Waals surface area contributed by atoms with Gasteiger partial charge in [0.25, 0.3) is 0 Å². The molecular weight excluding hydrogens is 695 g/mol. The summed E-state index contributed by atoms with van der Waals surface area (Å²) < 4.78 is 2.59. The second kappa shape index (κ2) is 13.4. The van der Waals surface area contributed by atoms with E-state index >= 15 is 0 Å². The van der Waals surface area contributed by atoms with Gasteiger partial charge in [-0.3, -0.25) is 0 Å². The fraction of sp³-hybridized carbons (Fsp3) is 0. The fourth-order valence-electron chi connectivity index (χ4n) is 8.70. The summed E-state index contributed by atoms with van der Waals surface area (Å²) in [5.41, 5.74) is 10.8. The van der Waals surface area contributed by atoms with Crippen LogP contribution in [0.5, 0.6) is 0 Å². The number of fused-ring (bicyclic) bond motifs is 7. The van der Waals surface area contributed by atoms with E-state index in [9.17, 15) is 0 Å². The topological polar surface area (TPSA) is 3.24 Å². The molecule has 0 unspecified atom stereocenters. The Balaban J connectivity index is 1.11. The predicted molar refractivity (Wildman–Crippen MR) is 243 cm³/mol. The molecule has 262 valence electrons. The number of hydrogen-bond acceptors (Lipinski definition) is 2. The van der Waals surface area contributed by atoms with Crippen LogP contribution >= 0.6 is 11.3 Å². The van der Waals surface area contributed by atoms with Gasteiger partial charge in [0.1, 0.15) is 0 Å². The molecule has 1 aromatic heterocycles. The fourth-order valence-corrected chi connectivity index (χ4v) is 9.91. The van der Waals surface area contributed by atoms with Crippen molar-refractivity contribution in [3.63, 3.8) is 0 Å². The van der Waals surface area contributed by atoms with Gasteiger partial charge in [-0.2, -0.15) is 0 Å². The summed E-state index contributed by atoms with van der Waals surface area (Å²) in [5.74, 6) is 0. The highest BCUT2D eigenvalue weighted by atomic mass is 32.1. The van der Waals surface area contributed by atoms with Crippen molar-refractivity contribution in [2.24, 2.45) is 0 Å². The highest BCUT2D eigenvalue weighted by Crippen LogP contribution is 2.48. The van der Waals surface area contributed by atoms with E-state index < -0.39 is 0 Å². The average Bonchev–Trinajstić information content (AvgIpc) is 3.66. The minimum atomic E-state index is 1.12. The minimum absolute atomic E-state index is 1.12. The van der Waals surface area contributed by atoms with Crippen molar-refractivity contribution in [2.45, 2.75) is 0 Å². The highest BCUT2D eigenvalue weighted by molar-refractivity contribution is 7.26. The van der Waals surface area contributed by atoms with Crippen molar-refractivity contribution in [3.8, 4) is 33.4 Å². The molecule has 0 aliphatic carbocycles. The summed E-state index contributed by atoms with van der Waals surface area (Å²) in [6, 6.07) is 77.7. The van der Waals surface area contributed by atoms with Gasteiger partial charge in [0, 0.05) is 26.5 Å². The van der Waals surface area contributed by atoms with Crippen LogP contribution < -0.4 is 4.90 Å². The van der Waals surface area contributed by atoms with E-state index in [2.05, 4.69) is 217 Å². The zero-order valence-corrected chi connectivity index (χ0v) is 31.4. The van der Waals surface area contributed by atoms with Crippen molar-refractivity contribution in [3.05, 3.63) is 212 Å². The molecule has 0 saturated carbocycles. The van der Waals surface area contributed by atoms with Crippen LogP contribution in [-0.2, 0) is 0 Å². The Bertz CT molecular complexity index is 3230. The van der Waals surface area contributed by atoms with Gasteiger partial charge >= 0.3 is 0 Å². The Hall–Kier alpha value is -7.00. The van der Waals surface area contributed by atoms with Crippen molar-refractivity contribution in [1.82, 2.24) is 0 Å². The van der Waals surface area contributed by atoms with E-state index in [1.54, 1.807) is 0 Å². The first-order valence-corrected chi connectivity index (χ1v) is 20.0. The monoisotopic (exact) mass is 729 g/mol. The molecule has 11 aromatic rings. The van der Waals surface area contributed by atoms with E-state index in [1.165, 1.54) is 97.2 Å². The van der Waals surface area contributed by atoms with Gasteiger partial charge in [0.05, 0.1) is 16.1 Å². The Labute approximate surface area is 330 Å². The molecule has 0 aliphatic heterocycles. The standard InChI is InChI=1S/C54H35NS/c1-3-16-38(17-4-1)52-46-24-10-9-22-43(46)44-34-31-40(35-48(44)53(52)39-18-5-2-6-19-39)36-29-32-41(33-30-36)55(49-26-13-20-37-15-7-8-21-42(37)49)50-27-14-25-47-45-23-11-12-28-51(45)56-54(47)50/h1-35H. The summed E-state index contributed by atoms with van der Waals surface area (Å²) >= 11 is 1.87. The number of nitrogens with zero attached hydrogens (tertiary/aromatic N) is 1. The molecule has 0 aliphatic rings. The molecule has 0 radical (unpaired) electrons. The Morgan fingerprint density at radius 1 is 0.304 bits per heavy atom. The van der Waals surface area contributed by atoms with Crippen LogP contribution in [0.15, 0.2) is 212 Å². The molecule has 0 amide bonds. The average molecular weight is 730 g/mol. The van der Waals surface area contributed by atoms with E-state index in [1.807, 2.05) is 11.3 Å². The lowest BCUT2D eigenvalue weighted by Crippen LogP contribution is -2.10. The largest absolute Gasteiger partial charge is 0.308 e. The van der Waals surface area contributed by atoms with Gasteiger partial charge in [-0.15, -0.1) is 11.3 Å². The lowest BCUT2D eigenvalue weighted by Gasteiger charge is -2.27.